The second-order valence-electron chi connectivity index (χ2n) is 3.53. The third-order valence-corrected chi connectivity index (χ3v) is 2.39. The lowest BCUT2D eigenvalue weighted by Crippen LogP contribution is -1.98. The highest BCUT2D eigenvalue weighted by Gasteiger charge is 2.04. The molecule has 0 unspecified atom stereocenters. The second-order valence-corrected chi connectivity index (χ2v) is 3.53. The number of hydrogen-bond acceptors (Lipinski definition) is 3. The van der Waals surface area contributed by atoms with E-state index in [1.54, 1.807) is 30.3 Å². The van der Waals surface area contributed by atoms with Crippen LogP contribution in [0.3, 0.4) is 0 Å². The van der Waals surface area contributed by atoms with Crippen molar-refractivity contribution in [3.8, 4) is 17.6 Å². The van der Waals surface area contributed by atoms with Crippen LogP contribution >= 0.6 is 0 Å². The number of ether oxygens (including phenoxy) is 1. The summed E-state index contributed by atoms with van der Waals surface area (Å²) >= 11 is 0. The normalized spacial score (nSPS) is 9.59. The Kier molecular flexibility index (Phi) is 3.27. The molecule has 17 heavy (non-hydrogen) atoms. The fourth-order valence-electron chi connectivity index (χ4n) is 1.49. The van der Waals surface area contributed by atoms with E-state index in [1.807, 2.05) is 18.2 Å². The quantitative estimate of drug-likeness (QED) is 0.873. The standard InChI is InChI=1S/C14H11NO2/c15-9-11-5-1-2-6-12(11)10-17-14-8-4-3-7-13(14)16/h1-8,16H,10H2. The Morgan fingerprint density at radius 3 is 2.53 bits per heavy atom. The zero-order valence-corrected chi connectivity index (χ0v) is 9.13. The molecule has 0 radical (unpaired) electrons. The lowest BCUT2D eigenvalue weighted by atomic mass is 10.1. The predicted octanol–water partition coefficient (Wildman–Crippen LogP) is 2.84. The van der Waals surface area contributed by atoms with E-state index in [1.165, 1.54) is 0 Å². The number of phenols is 1. The number of aromatic hydroxyl groups is 1. The average molecular weight is 225 g/mol. The molecule has 0 heterocycles. The van der Waals surface area contributed by atoms with Gasteiger partial charge in [-0.2, -0.15) is 5.26 Å². The molecule has 0 spiro atoms. The van der Waals surface area contributed by atoms with Gasteiger partial charge in [0.05, 0.1) is 11.6 Å². The van der Waals surface area contributed by atoms with E-state index in [-0.39, 0.29) is 12.4 Å². The van der Waals surface area contributed by atoms with E-state index in [2.05, 4.69) is 6.07 Å². The molecule has 2 aromatic rings. The minimum atomic E-state index is 0.0990. The maximum Gasteiger partial charge on any atom is 0.161 e. The van der Waals surface area contributed by atoms with Crippen LogP contribution in [0.25, 0.3) is 0 Å². The van der Waals surface area contributed by atoms with Gasteiger partial charge in [0.2, 0.25) is 0 Å². The highest BCUT2D eigenvalue weighted by Crippen LogP contribution is 2.25. The molecule has 0 aromatic heterocycles. The number of nitrogens with zero attached hydrogens (tertiary/aromatic N) is 1. The maximum absolute atomic E-state index is 9.53. The summed E-state index contributed by atoms with van der Waals surface area (Å²) in [5.41, 5.74) is 1.39. The summed E-state index contributed by atoms with van der Waals surface area (Å²) in [4.78, 5) is 0. The van der Waals surface area contributed by atoms with E-state index >= 15 is 0 Å². The van der Waals surface area contributed by atoms with Crippen LogP contribution in [0.15, 0.2) is 48.5 Å². The molecule has 0 saturated carbocycles. The van der Waals surface area contributed by atoms with Crippen LogP contribution in [-0.2, 0) is 6.61 Å². The van der Waals surface area contributed by atoms with Crippen LogP contribution in [0.4, 0.5) is 0 Å². The molecule has 1 N–H and O–H groups in total. The Morgan fingerprint density at radius 1 is 1.06 bits per heavy atom. The zero-order chi connectivity index (χ0) is 12.1. The van der Waals surface area contributed by atoms with Gasteiger partial charge in [-0.1, -0.05) is 30.3 Å². The molecule has 2 aromatic carbocycles. The topological polar surface area (TPSA) is 53.2 Å². The van der Waals surface area contributed by atoms with Crippen molar-refractivity contribution in [2.24, 2.45) is 0 Å². The summed E-state index contributed by atoms with van der Waals surface area (Å²) in [6, 6.07) is 16.1. The van der Waals surface area contributed by atoms with E-state index in [0.29, 0.717) is 11.3 Å². The van der Waals surface area contributed by atoms with Crippen molar-refractivity contribution in [3.05, 3.63) is 59.7 Å². The van der Waals surface area contributed by atoms with Gasteiger partial charge < -0.3 is 9.84 Å². The van der Waals surface area contributed by atoms with Gasteiger partial charge in [-0.25, -0.2) is 0 Å². The van der Waals surface area contributed by atoms with Crippen molar-refractivity contribution >= 4 is 0 Å². The van der Waals surface area contributed by atoms with Crippen LogP contribution in [0, 0.1) is 11.3 Å². The molecule has 0 fully saturated rings. The van der Waals surface area contributed by atoms with Crippen molar-refractivity contribution in [2.45, 2.75) is 6.61 Å². The monoisotopic (exact) mass is 225 g/mol. The number of phenolic OH excluding ortho intramolecular Hbond substituents is 1. The Morgan fingerprint density at radius 2 is 1.76 bits per heavy atom. The summed E-state index contributed by atoms with van der Waals surface area (Å²) in [6.45, 7) is 0.265. The SMILES string of the molecule is N#Cc1ccccc1COc1ccccc1O. The van der Waals surface area contributed by atoms with Gasteiger partial charge >= 0.3 is 0 Å². The van der Waals surface area contributed by atoms with E-state index < -0.39 is 0 Å². The highest BCUT2D eigenvalue weighted by atomic mass is 16.5. The summed E-state index contributed by atoms with van der Waals surface area (Å²) in [5, 5.41) is 18.4. The van der Waals surface area contributed by atoms with Gasteiger partial charge in [-0.05, 0) is 18.2 Å². The Balaban J connectivity index is 2.13. The lowest BCUT2D eigenvalue weighted by Gasteiger charge is -2.08. The maximum atomic E-state index is 9.53. The van der Waals surface area contributed by atoms with Gasteiger partial charge in [-0.15, -0.1) is 0 Å². The predicted molar refractivity (Wildman–Crippen MR) is 63.6 cm³/mol. The zero-order valence-electron chi connectivity index (χ0n) is 9.13. The molecular weight excluding hydrogens is 214 g/mol. The fraction of sp³-hybridized carbons (Fsp3) is 0.0714. The Bertz CT molecular complexity index is 558. The largest absolute Gasteiger partial charge is 0.504 e. The number of rotatable bonds is 3. The summed E-state index contributed by atoms with van der Waals surface area (Å²) in [5.74, 6) is 0.516. The van der Waals surface area contributed by atoms with Gasteiger partial charge in [-0.3, -0.25) is 0 Å². The first-order valence-corrected chi connectivity index (χ1v) is 5.20. The van der Waals surface area contributed by atoms with Crippen molar-refractivity contribution < 1.29 is 9.84 Å². The molecular formula is C14H11NO2. The number of hydrogen-bond donors (Lipinski definition) is 1. The Hall–Kier alpha value is -2.47. The molecule has 0 aliphatic carbocycles. The molecule has 2 rings (SSSR count). The number of nitriles is 1. The van der Waals surface area contributed by atoms with Crippen molar-refractivity contribution in [1.29, 1.82) is 5.26 Å². The molecule has 0 aliphatic heterocycles. The average Bonchev–Trinajstić information content (AvgIpc) is 2.38. The van der Waals surface area contributed by atoms with E-state index in [9.17, 15) is 5.11 Å². The minimum Gasteiger partial charge on any atom is -0.504 e. The fourth-order valence-corrected chi connectivity index (χ4v) is 1.49. The van der Waals surface area contributed by atoms with Gasteiger partial charge in [0.1, 0.15) is 6.61 Å². The number of benzene rings is 2. The summed E-state index contributed by atoms with van der Waals surface area (Å²) < 4.78 is 5.46. The first-order valence-electron chi connectivity index (χ1n) is 5.20. The smallest absolute Gasteiger partial charge is 0.161 e. The lowest BCUT2D eigenvalue weighted by molar-refractivity contribution is 0.289. The Labute approximate surface area is 99.5 Å². The van der Waals surface area contributed by atoms with Gasteiger partial charge in [0.15, 0.2) is 11.5 Å². The van der Waals surface area contributed by atoms with Crippen LogP contribution in [-0.4, -0.2) is 5.11 Å². The molecule has 3 nitrogen and oxygen atoms in total. The third-order valence-electron chi connectivity index (χ3n) is 2.39. The van der Waals surface area contributed by atoms with E-state index in [4.69, 9.17) is 10.00 Å². The van der Waals surface area contributed by atoms with Crippen molar-refractivity contribution in [1.82, 2.24) is 0 Å². The van der Waals surface area contributed by atoms with Gasteiger partial charge in [0, 0.05) is 5.56 Å². The van der Waals surface area contributed by atoms with Crippen molar-refractivity contribution in [2.75, 3.05) is 0 Å². The molecule has 0 bridgehead atoms. The van der Waals surface area contributed by atoms with Gasteiger partial charge in [0.25, 0.3) is 0 Å². The molecule has 0 saturated heterocycles. The summed E-state index contributed by atoms with van der Waals surface area (Å²) in [7, 11) is 0. The molecule has 0 amide bonds. The first-order chi connectivity index (χ1) is 8.31. The first kappa shape index (κ1) is 11.0. The van der Waals surface area contributed by atoms with E-state index in [0.717, 1.165) is 5.56 Å². The summed E-state index contributed by atoms with van der Waals surface area (Å²) in [6.07, 6.45) is 0. The van der Waals surface area contributed by atoms with Crippen LogP contribution in [0.5, 0.6) is 11.5 Å². The highest BCUT2D eigenvalue weighted by molar-refractivity contribution is 5.40. The minimum absolute atomic E-state index is 0.0990. The molecule has 84 valence electrons. The number of para-hydroxylation sites is 2. The van der Waals surface area contributed by atoms with Crippen LogP contribution in [0.1, 0.15) is 11.1 Å². The molecule has 0 atom stereocenters. The van der Waals surface area contributed by atoms with Crippen molar-refractivity contribution in [3.63, 3.8) is 0 Å². The molecule has 0 aliphatic rings. The second kappa shape index (κ2) is 5.04. The third kappa shape index (κ3) is 2.56. The van der Waals surface area contributed by atoms with Crippen LogP contribution in [0.2, 0.25) is 0 Å². The van der Waals surface area contributed by atoms with Crippen LogP contribution < -0.4 is 4.74 Å². The molecule has 3 heteroatoms.